The van der Waals surface area contributed by atoms with Gasteiger partial charge >= 0.3 is 0 Å². The van der Waals surface area contributed by atoms with Gasteiger partial charge in [-0.2, -0.15) is 0 Å². The number of benzene rings is 2. The summed E-state index contributed by atoms with van der Waals surface area (Å²) < 4.78 is 6.53. The molecule has 0 aliphatic carbocycles. The van der Waals surface area contributed by atoms with E-state index in [1.807, 2.05) is 23.1 Å². The number of ether oxygens (including phenoxy) is 1. The minimum Gasteiger partial charge on any atom is -0.496 e. The highest BCUT2D eigenvalue weighted by Crippen LogP contribution is 2.35. The molecule has 4 rings (SSSR count). The Morgan fingerprint density at radius 3 is 2.67 bits per heavy atom. The number of amides is 1. The first-order valence-corrected chi connectivity index (χ1v) is 11.2. The van der Waals surface area contributed by atoms with E-state index >= 15 is 0 Å². The predicted octanol–water partition coefficient (Wildman–Crippen LogP) is 5.11. The number of piperidine rings is 1. The minimum absolute atomic E-state index is 0.0238. The van der Waals surface area contributed by atoms with Crippen molar-refractivity contribution in [3.8, 4) is 5.75 Å². The number of thiazole rings is 1. The molecule has 3 aromatic rings. The topological polar surface area (TPSA) is 59.5 Å². The molecule has 0 spiro atoms. The fourth-order valence-electron chi connectivity index (χ4n) is 3.88. The van der Waals surface area contributed by atoms with Crippen LogP contribution in [0.2, 0.25) is 5.02 Å². The molecule has 1 amide bonds. The second kappa shape index (κ2) is 8.74. The van der Waals surface area contributed by atoms with Gasteiger partial charge in [0.15, 0.2) is 5.78 Å². The van der Waals surface area contributed by atoms with Crippen LogP contribution in [0.5, 0.6) is 5.75 Å². The van der Waals surface area contributed by atoms with Crippen molar-refractivity contribution in [1.82, 2.24) is 9.88 Å². The van der Waals surface area contributed by atoms with Gasteiger partial charge in [-0.15, -0.1) is 11.3 Å². The molecule has 1 aromatic heterocycles. The smallest absolute Gasteiger partial charge is 0.227 e. The van der Waals surface area contributed by atoms with Crippen molar-refractivity contribution < 1.29 is 14.3 Å². The molecular formula is C23H23ClN2O3S. The average Bonchev–Trinajstić information content (AvgIpc) is 3.17. The van der Waals surface area contributed by atoms with Crippen LogP contribution in [0.3, 0.4) is 0 Å². The molecule has 7 heteroatoms. The Labute approximate surface area is 184 Å². The molecule has 0 N–H and O–H groups in total. The summed E-state index contributed by atoms with van der Waals surface area (Å²) in [7, 11) is 1.58. The summed E-state index contributed by atoms with van der Waals surface area (Å²) in [4.78, 5) is 31.3. The first kappa shape index (κ1) is 20.8. The fourth-order valence-corrected chi connectivity index (χ4v) is 5.16. The standard InChI is InChI=1S/C23H23ClN2O3S/c1-14(27)16-3-5-20(29-2)17(11-16)12-22(28)26-9-7-15(8-10-26)23-25-19-13-18(24)4-6-21(19)30-23/h3-6,11,13,15H,7-10,12H2,1-2H3. The number of rotatable bonds is 5. The Hall–Kier alpha value is -2.44. The number of nitrogens with zero attached hydrogens (tertiary/aromatic N) is 2. The van der Waals surface area contributed by atoms with Gasteiger partial charge in [-0.25, -0.2) is 4.98 Å². The molecule has 0 saturated carbocycles. The van der Waals surface area contributed by atoms with E-state index in [1.165, 1.54) is 6.92 Å². The van der Waals surface area contributed by atoms with Crippen molar-refractivity contribution in [3.63, 3.8) is 0 Å². The molecule has 30 heavy (non-hydrogen) atoms. The Morgan fingerprint density at radius 1 is 1.20 bits per heavy atom. The number of Topliss-reactive ketones (excluding diaryl/α,β-unsaturated/α-hetero) is 1. The summed E-state index contributed by atoms with van der Waals surface area (Å²) >= 11 is 7.79. The lowest BCUT2D eigenvalue weighted by atomic mass is 9.96. The molecule has 2 heterocycles. The molecule has 156 valence electrons. The summed E-state index contributed by atoms with van der Waals surface area (Å²) in [6.45, 7) is 2.93. The summed E-state index contributed by atoms with van der Waals surface area (Å²) in [6, 6.07) is 11.1. The van der Waals surface area contributed by atoms with Crippen LogP contribution in [0.4, 0.5) is 0 Å². The zero-order valence-electron chi connectivity index (χ0n) is 17.0. The third-order valence-corrected chi connectivity index (χ3v) is 7.03. The predicted molar refractivity (Wildman–Crippen MR) is 120 cm³/mol. The molecule has 0 bridgehead atoms. The van der Waals surface area contributed by atoms with Gasteiger partial charge < -0.3 is 9.64 Å². The Bertz CT molecular complexity index is 1100. The zero-order chi connectivity index (χ0) is 21.3. The summed E-state index contributed by atoms with van der Waals surface area (Å²) in [5.74, 6) is 1.03. The number of hydrogen-bond donors (Lipinski definition) is 0. The fraction of sp³-hybridized carbons (Fsp3) is 0.348. The lowest BCUT2D eigenvalue weighted by Crippen LogP contribution is -2.38. The van der Waals surface area contributed by atoms with Gasteiger partial charge in [-0.3, -0.25) is 9.59 Å². The Morgan fingerprint density at radius 2 is 1.97 bits per heavy atom. The molecule has 1 aliphatic heterocycles. The largest absolute Gasteiger partial charge is 0.496 e. The minimum atomic E-state index is -0.0238. The maximum atomic E-state index is 12.9. The van der Waals surface area contributed by atoms with Crippen LogP contribution in [-0.2, 0) is 11.2 Å². The number of likely N-dealkylation sites (tertiary alicyclic amines) is 1. The van der Waals surface area contributed by atoms with Crippen LogP contribution < -0.4 is 4.74 Å². The highest BCUT2D eigenvalue weighted by atomic mass is 35.5. The molecule has 0 radical (unpaired) electrons. The Balaban J connectivity index is 1.42. The van der Waals surface area contributed by atoms with Gasteiger partial charge in [-0.1, -0.05) is 11.6 Å². The number of carbonyl (C=O) groups is 2. The van der Waals surface area contributed by atoms with E-state index in [4.69, 9.17) is 21.3 Å². The summed E-state index contributed by atoms with van der Waals surface area (Å²) in [6.07, 6.45) is 2.02. The molecule has 0 unspecified atom stereocenters. The van der Waals surface area contributed by atoms with E-state index in [2.05, 4.69) is 0 Å². The zero-order valence-corrected chi connectivity index (χ0v) is 18.6. The number of methoxy groups -OCH3 is 1. The van der Waals surface area contributed by atoms with E-state index in [1.54, 1.807) is 36.6 Å². The van der Waals surface area contributed by atoms with Gasteiger partial charge in [0.1, 0.15) is 5.75 Å². The maximum absolute atomic E-state index is 12.9. The van der Waals surface area contributed by atoms with Gasteiger partial charge in [-0.05, 0) is 56.2 Å². The van der Waals surface area contributed by atoms with E-state index in [0.717, 1.165) is 33.6 Å². The highest BCUT2D eigenvalue weighted by Gasteiger charge is 2.26. The van der Waals surface area contributed by atoms with Gasteiger partial charge in [0, 0.05) is 35.2 Å². The summed E-state index contributed by atoms with van der Waals surface area (Å²) in [5.41, 5.74) is 2.28. The van der Waals surface area contributed by atoms with Crippen molar-refractivity contribution in [2.24, 2.45) is 0 Å². The Kier molecular flexibility index (Phi) is 6.06. The number of carbonyl (C=O) groups excluding carboxylic acids is 2. The second-order valence-electron chi connectivity index (χ2n) is 7.58. The van der Waals surface area contributed by atoms with E-state index in [-0.39, 0.29) is 18.1 Å². The normalized spacial score (nSPS) is 14.8. The van der Waals surface area contributed by atoms with Crippen molar-refractivity contribution in [3.05, 3.63) is 57.6 Å². The van der Waals surface area contributed by atoms with Crippen LogP contribution in [0.15, 0.2) is 36.4 Å². The third-order valence-electron chi connectivity index (χ3n) is 5.59. The molecule has 1 aliphatic rings. The van der Waals surface area contributed by atoms with Crippen molar-refractivity contribution in [1.29, 1.82) is 0 Å². The molecule has 0 atom stereocenters. The van der Waals surface area contributed by atoms with Crippen molar-refractivity contribution in [2.75, 3.05) is 20.2 Å². The van der Waals surface area contributed by atoms with Crippen LogP contribution in [0.25, 0.3) is 10.2 Å². The first-order valence-electron chi connectivity index (χ1n) is 9.96. The number of halogens is 1. The number of fused-ring (bicyclic) bond motifs is 1. The number of aromatic nitrogens is 1. The summed E-state index contributed by atoms with van der Waals surface area (Å²) in [5, 5.41) is 1.82. The molecule has 1 saturated heterocycles. The van der Waals surface area contributed by atoms with Crippen LogP contribution in [0.1, 0.15) is 46.6 Å². The number of ketones is 1. The van der Waals surface area contributed by atoms with Crippen LogP contribution in [-0.4, -0.2) is 41.8 Å². The first-order chi connectivity index (χ1) is 14.4. The average molecular weight is 443 g/mol. The maximum Gasteiger partial charge on any atom is 0.227 e. The van der Waals surface area contributed by atoms with E-state index in [0.29, 0.717) is 35.3 Å². The third kappa shape index (κ3) is 4.35. The monoisotopic (exact) mass is 442 g/mol. The lowest BCUT2D eigenvalue weighted by Gasteiger charge is -2.31. The molecule has 1 fully saturated rings. The van der Waals surface area contributed by atoms with Crippen LogP contribution in [0, 0.1) is 0 Å². The number of hydrogen-bond acceptors (Lipinski definition) is 5. The SMILES string of the molecule is COc1ccc(C(C)=O)cc1CC(=O)N1CCC(c2nc3cc(Cl)ccc3s2)CC1. The van der Waals surface area contributed by atoms with Crippen LogP contribution >= 0.6 is 22.9 Å². The van der Waals surface area contributed by atoms with Crippen molar-refractivity contribution in [2.45, 2.75) is 32.1 Å². The quantitative estimate of drug-likeness (QED) is 0.515. The molecule has 2 aromatic carbocycles. The second-order valence-corrected chi connectivity index (χ2v) is 9.08. The molecule has 5 nitrogen and oxygen atoms in total. The van der Waals surface area contributed by atoms with Gasteiger partial charge in [0.25, 0.3) is 0 Å². The highest BCUT2D eigenvalue weighted by molar-refractivity contribution is 7.18. The van der Waals surface area contributed by atoms with E-state index < -0.39 is 0 Å². The van der Waals surface area contributed by atoms with Gasteiger partial charge in [0.2, 0.25) is 5.91 Å². The van der Waals surface area contributed by atoms with Gasteiger partial charge in [0.05, 0.1) is 28.8 Å². The van der Waals surface area contributed by atoms with Crippen molar-refractivity contribution >= 4 is 44.8 Å². The molecular weight excluding hydrogens is 420 g/mol. The van der Waals surface area contributed by atoms with E-state index in [9.17, 15) is 9.59 Å². The lowest BCUT2D eigenvalue weighted by molar-refractivity contribution is -0.131.